The third-order valence-corrected chi connectivity index (χ3v) is 13.4. The number of carbonyl (C=O) groups excluding carboxylic acids is 2. The smallest absolute Gasteiger partial charge is 0.220 e. The lowest BCUT2D eigenvalue weighted by molar-refractivity contribution is -0.198. The Bertz CT molecular complexity index is 1040. The molecule has 6 heteroatoms. The van der Waals surface area contributed by atoms with E-state index >= 15 is 0 Å². The normalized spacial score (nSPS) is 42.9. The highest BCUT2D eigenvalue weighted by Gasteiger charge is 2.66. The summed E-state index contributed by atoms with van der Waals surface area (Å²) in [4.78, 5) is 26.7. The van der Waals surface area contributed by atoms with Crippen molar-refractivity contribution in [1.29, 1.82) is 0 Å². The van der Waals surface area contributed by atoms with E-state index in [0.29, 0.717) is 54.6 Å². The number of hydrogen-bond acceptors (Lipinski definition) is 4. The molecule has 37 heavy (non-hydrogen) atoms. The molecule has 0 radical (unpaired) electrons. The van der Waals surface area contributed by atoms with Gasteiger partial charge in [0.05, 0.1) is 16.5 Å². The molecule has 1 aromatic heterocycles. The van der Waals surface area contributed by atoms with Gasteiger partial charge in [0, 0.05) is 24.1 Å². The Hall–Kier alpha value is -0.910. The van der Waals surface area contributed by atoms with Gasteiger partial charge in [-0.05, 0) is 103 Å². The minimum Gasteiger partial charge on any atom is -0.393 e. The second-order valence-electron chi connectivity index (χ2n) is 13.8. The minimum atomic E-state index is -0.320. The number of carbonyl (C=O) groups is 2. The summed E-state index contributed by atoms with van der Waals surface area (Å²) in [5.74, 6) is 2.65. The van der Waals surface area contributed by atoms with Gasteiger partial charge in [0.25, 0.3) is 0 Å². The molecule has 5 rings (SSSR count). The summed E-state index contributed by atoms with van der Waals surface area (Å²) in [5, 5.41) is 14.9. The number of aliphatic hydroxyl groups excluding tert-OH is 1. The molecule has 1 aromatic rings. The predicted octanol–water partition coefficient (Wildman–Crippen LogP) is 7.58. The van der Waals surface area contributed by atoms with Crippen molar-refractivity contribution in [3.63, 3.8) is 0 Å². The van der Waals surface area contributed by atoms with Gasteiger partial charge in [0.2, 0.25) is 5.91 Å². The van der Waals surface area contributed by atoms with E-state index in [0.717, 1.165) is 47.7 Å². The molecule has 4 saturated carbocycles. The molecule has 2 N–H and O–H groups in total. The molecular weight excluding hydrogens is 502 g/mol. The van der Waals surface area contributed by atoms with Crippen molar-refractivity contribution in [2.45, 2.75) is 111 Å². The number of rotatable bonds is 6. The van der Waals surface area contributed by atoms with Crippen molar-refractivity contribution in [1.82, 2.24) is 5.32 Å². The van der Waals surface area contributed by atoms with Crippen LogP contribution in [0.1, 0.15) is 110 Å². The maximum atomic E-state index is 13.2. The van der Waals surface area contributed by atoms with Crippen LogP contribution in [-0.2, 0) is 9.59 Å². The van der Waals surface area contributed by atoms with E-state index in [-0.39, 0.29) is 34.3 Å². The van der Waals surface area contributed by atoms with E-state index in [2.05, 4.69) is 39.9 Å². The fourth-order valence-corrected chi connectivity index (χ4v) is 11.2. The fraction of sp³-hybridized carbons (Fsp3) is 0.806. The molecule has 4 aliphatic carbocycles. The van der Waals surface area contributed by atoms with Gasteiger partial charge in [-0.1, -0.05) is 46.2 Å². The SMILES string of the molecule is CC[C@@H](NC(=O)C[C@@H](C)[C@H]1CC[C@H]2[C@@H]3[C@@H](O)C[C@]4(C)CC(=O)CC[C@]4(C)[C@H]3CC[C@]12C)c1ccc(Cl)s1. The van der Waals surface area contributed by atoms with Crippen LogP contribution in [0.4, 0.5) is 0 Å². The molecule has 4 aliphatic rings. The van der Waals surface area contributed by atoms with Gasteiger partial charge < -0.3 is 10.4 Å². The van der Waals surface area contributed by atoms with Crippen LogP contribution >= 0.6 is 22.9 Å². The lowest BCUT2D eigenvalue weighted by Gasteiger charge is -2.65. The van der Waals surface area contributed by atoms with Gasteiger partial charge in [-0.15, -0.1) is 11.3 Å². The van der Waals surface area contributed by atoms with Crippen LogP contribution in [0.2, 0.25) is 4.34 Å². The van der Waals surface area contributed by atoms with E-state index in [1.807, 2.05) is 12.1 Å². The number of amides is 1. The van der Waals surface area contributed by atoms with Crippen LogP contribution in [0.5, 0.6) is 0 Å². The molecule has 10 atom stereocenters. The van der Waals surface area contributed by atoms with Crippen LogP contribution in [0.15, 0.2) is 12.1 Å². The highest BCUT2D eigenvalue weighted by molar-refractivity contribution is 7.16. The number of thiophene rings is 1. The topological polar surface area (TPSA) is 66.4 Å². The number of hydrogen-bond donors (Lipinski definition) is 2. The van der Waals surface area contributed by atoms with Crippen LogP contribution in [0.3, 0.4) is 0 Å². The minimum absolute atomic E-state index is 0.0226. The first-order valence-electron chi connectivity index (χ1n) is 14.7. The quantitative estimate of drug-likeness (QED) is 0.385. The van der Waals surface area contributed by atoms with E-state index in [1.54, 1.807) is 11.3 Å². The van der Waals surface area contributed by atoms with Crippen LogP contribution in [0.25, 0.3) is 0 Å². The molecule has 0 aliphatic heterocycles. The van der Waals surface area contributed by atoms with Crippen molar-refractivity contribution in [3.05, 3.63) is 21.3 Å². The number of Topliss-reactive ketones (excluding diaryl/α,β-unsaturated/α-hetero) is 1. The van der Waals surface area contributed by atoms with Crippen molar-refractivity contribution in [3.8, 4) is 0 Å². The number of ketones is 1. The van der Waals surface area contributed by atoms with E-state index in [1.165, 1.54) is 6.42 Å². The third-order valence-electron chi connectivity index (χ3n) is 12.1. The van der Waals surface area contributed by atoms with Crippen molar-refractivity contribution < 1.29 is 14.7 Å². The number of nitrogens with one attached hydrogen (secondary N) is 1. The van der Waals surface area contributed by atoms with Crippen molar-refractivity contribution >= 4 is 34.6 Å². The van der Waals surface area contributed by atoms with Crippen molar-refractivity contribution in [2.75, 3.05) is 0 Å². The standard InChI is InChI=1S/C31H46ClNO3S/c1-6-23(25-9-10-26(32)37-25)33-27(36)15-18(2)20-7-8-21-28-22(12-13-30(20,21)4)31(5)14-11-19(34)16-29(31,3)17-24(28)35/h9-10,18,20-24,28,35H,6-8,11-17H2,1-5H3,(H,33,36)/t18-,20-,21+,22+,23-,24+,28+,29+,30-,31-/m1/s1. The zero-order valence-electron chi connectivity index (χ0n) is 23.3. The average molecular weight is 548 g/mol. The Morgan fingerprint density at radius 3 is 2.62 bits per heavy atom. The summed E-state index contributed by atoms with van der Waals surface area (Å²) in [6.45, 7) is 11.6. The van der Waals surface area contributed by atoms with Gasteiger partial charge in [-0.3, -0.25) is 9.59 Å². The Kier molecular flexibility index (Phi) is 7.42. The van der Waals surface area contributed by atoms with Gasteiger partial charge in [-0.2, -0.15) is 0 Å². The summed E-state index contributed by atoms with van der Waals surface area (Å²) in [5.41, 5.74) is 0.222. The van der Waals surface area contributed by atoms with Crippen LogP contribution in [-0.4, -0.2) is 22.9 Å². The zero-order valence-corrected chi connectivity index (χ0v) is 24.9. The van der Waals surface area contributed by atoms with Gasteiger partial charge in [0.15, 0.2) is 0 Å². The molecule has 0 saturated heterocycles. The molecule has 4 fully saturated rings. The summed E-state index contributed by atoms with van der Waals surface area (Å²) in [6.07, 6.45) is 8.78. The summed E-state index contributed by atoms with van der Waals surface area (Å²) < 4.78 is 0.760. The van der Waals surface area contributed by atoms with E-state index in [9.17, 15) is 14.7 Å². The fourth-order valence-electron chi connectivity index (χ4n) is 9.99. The van der Waals surface area contributed by atoms with Gasteiger partial charge in [-0.25, -0.2) is 0 Å². The Labute approximate surface area is 232 Å². The molecule has 1 heterocycles. The molecule has 0 aromatic carbocycles. The van der Waals surface area contributed by atoms with E-state index in [4.69, 9.17) is 11.6 Å². The second kappa shape index (κ2) is 9.93. The van der Waals surface area contributed by atoms with Gasteiger partial charge >= 0.3 is 0 Å². The molecule has 0 spiro atoms. The summed E-state index contributed by atoms with van der Waals surface area (Å²) >= 11 is 7.69. The Balaban J connectivity index is 1.29. The molecule has 1 amide bonds. The molecular formula is C31H46ClNO3S. The van der Waals surface area contributed by atoms with E-state index < -0.39 is 0 Å². The maximum Gasteiger partial charge on any atom is 0.220 e. The monoisotopic (exact) mass is 547 g/mol. The third kappa shape index (κ3) is 4.53. The van der Waals surface area contributed by atoms with Gasteiger partial charge in [0.1, 0.15) is 5.78 Å². The first-order chi connectivity index (χ1) is 17.4. The lowest BCUT2D eigenvalue weighted by atomic mass is 9.39. The van der Waals surface area contributed by atoms with Crippen LogP contribution in [0, 0.1) is 45.8 Å². The summed E-state index contributed by atoms with van der Waals surface area (Å²) in [7, 11) is 0. The summed E-state index contributed by atoms with van der Waals surface area (Å²) in [6, 6.07) is 3.95. The molecule has 0 bridgehead atoms. The Morgan fingerprint density at radius 1 is 1.19 bits per heavy atom. The molecule has 0 unspecified atom stereocenters. The number of aliphatic hydroxyl groups is 1. The highest BCUT2D eigenvalue weighted by atomic mass is 35.5. The molecule has 4 nitrogen and oxygen atoms in total. The number of halogens is 1. The molecule has 206 valence electrons. The Morgan fingerprint density at radius 2 is 1.95 bits per heavy atom. The second-order valence-corrected chi connectivity index (χ2v) is 15.6. The first-order valence-corrected chi connectivity index (χ1v) is 15.9. The number of fused-ring (bicyclic) bond motifs is 5. The highest BCUT2D eigenvalue weighted by Crippen LogP contribution is 2.71. The largest absolute Gasteiger partial charge is 0.393 e. The first kappa shape index (κ1) is 27.6. The average Bonchev–Trinajstić information content (AvgIpc) is 3.41. The van der Waals surface area contributed by atoms with Crippen molar-refractivity contribution in [2.24, 2.45) is 45.8 Å². The maximum absolute atomic E-state index is 13.2. The van der Waals surface area contributed by atoms with Crippen LogP contribution < -0.4 is 5.32 Å². The predicted molar refractivity (Wildman–Crippen MR) is 151 cm³/mol. The lowest BCUT2D eigenvalue weighted by Crippen LogP contribution is -2.62. The zero-order chi connectivity index (χ0) is 26.8.